The lowest BCUT2D eigenvalue weighted by molar-refractivity contribution is -0.852. The van der Waals surface area contributed by atoms with Crippen LogP contribution in [-0.2, 0) is 0 Å². The van der Waals surface area contributed by atoms with Crippen molar-refractivity contribution in [1.82, 2.24) is 0 Å². The molecule has 3 nitrogen and oxygen atoms in total. The van der Waals surface area contributed by atoms with Gasteiger partial charge >= 0.3 is 0 Å². The fraction of sp³-hybridized carbons (Fsp3) is 0.308. The van der Waals surface area contributed by atoms with Crippen molar-refractivity contribution in [1.29, 1.82) is 0 Å². The van der Waals surface area contributed by atoms with E-state index in [2.05, 4.69) is 17.2 Å². The second-order valence-electron chi connectivity index (χ2n) is 4.41. The van der Waals surface area contributed by atoms with Crippen LogP contribution in [0, 0.1) is 0 Å². The summed E-state index contributed by atoms with van der Waals surface area (Å²) in [5, 5.41) is 15.8. The average molecular weight is 214 g/mol. The molecule has 0 aromatic heterocycles. The van der Waals surface area contributed by atoms with Crippen LogP contribution < -0.4 is 5.11 Å². The highest BCUT2D eigenvalue weighted by Crippen LogP contribution is 2.36. The Morgan fingerprint density at radius 2 is 1.75 bits per heavy atom. The van der Waals surface area contributed by atoms with Crippen LogP contribution in [0.5, 0.6) is 0 Å². The molecule has 1 aromatic rings. The van der Waals surface area contributed by atoms with Crippen molar-refractivity contribution in [2.75, 3.05) is 13.1 Å². The summed E-state index contributed by atoms with van der Waals surface area (Å²) < 4.78 is 0.531. The first-order valence-corrected chi connectivity index (χ1v) is 5.72. The van der Waals surface area contributed by atoms with Crippen molar-refractivity contribution >= 4 is 11.6 Å². The van der Waals surface area contributed by atoms with Crippen molar-refractivity contribution in [3.63, 3.8) is 0 Å². The van der Waals surface area contributed by atoms with Gasteiger partial charge in [-0.2, -0.15) is 4.59 Å². The summed E-state index contributed by atoms with van der Waals surface area (Å²) in [6.45, 7) is 1.93. The monoisotopic (exact) mass is 214 g/mol. The third-order valence-electron chi connectivity index (χ3n) is 3.37. The first-order valence-electron chi connectivity index (χ1n) is 5.72. The number of hydrogen-bond acceptors (Lipinski definition) is 2. The van der Waals surface area contributed by atoms with Gasteiger partial charge in [0.05, 0.1) is 5.90 Å². The third kappa shape index (κ3) is 1.36. The van der Waals surface area contributed by atoms with Crippen molar-refractivity contribution in [3.05, 3.63) is 42.0 Å². The van der Waals surface area contributed by atoms with Gasteiger partial charge in [0.25, 0.3) is 0 Å². The molecule has 2 aliphatic rings. The van der Waals surface area contributed by atoms with E-state index in [4.69, 9.17) is 0 Å². The second-order valence-corrected chi connectivity index (χ2v) is 4.41. The lowest BCUT2D eigenvalue weighted by Gasteiger charge is -2.26. The van der Waals surface area contributed by atoms with Crippen molar-refractivity contribution in [2.45, 2.75) is 12.8 Å². The van der Waals surface area contributed by atoms with E-state index in [0.717, 1.165) is 37.2 Å². The van der Waals surface area contributed by atoms with Gasteiger partial charge in [-0.25, -0.2) is 0 Å². The predicted molar refractivity (Wildman–Crippen MR) is 61.1 cm³/mol. The first-order chi connectivity index (χ1) is 7.80. The van der Waals surface area contributed by atoms with Gasteiger partial charge in [-0.1, -0.05) is 23.3 Å². The fourth-order valence-corrected chi connectivity index (χ4v) is 2.64. The van der Waals surface area contributed by atoms with Crippen molar-refractivity contribution < 1.29 is 9.70 Å². The summed E-state index contributed by atoms with van der Waals surface area (Å²) in [7, 11) is 0. The molecular formula is C13H14N2O. The molecular weight excluding hydrogens is 200 g/mol. The van der Waals surface area contributed by atoms with Crippen molar-refractivity contribution in [3.8, 4) is 0 Å². The average Bonchev–Trinajstić information content (AvgIpc) is 2.89. The standard InChI is InChI=1S/C13H14N2O/c16-13-10-12(11-6-2-1-3-7-11)15(14-13)8-4-5-9-15/h1-3,6-7,10H,4-5,8-9H2. The molecule has 0 radical (unpaired) electrons. The van der Waals surface area contributed by atoms with Gasteiger partial charge in [0.2, 0.25) is 0 Å². The zero-order valence-electron chi connectivity index (χ0n) is 9.10. The van der Waals surface area contributed by atoms with Gasteiger partial charge in [0.1, 0.15) is 13.1 Å². The van der Waals surface area contributed by atoms with Crippen LogP contribution in [0.15, 0.2) is 41.5 Å². The quantitative estimate of drug-likeness (QED) is 0.649. The summed E-state index contributed by atoms with van der Waals surface area (Å²) in [6.07, 6.45) is 4.00. The van der Waals surface area contributed by atoms with Crippen molar-refractivity contribution in [2.24, 2.45) is 5.10 Å². The second kappa shape index (κ2) is 3.46. The smallest absolute Gasteiger partial charge is 0.167 e. The lowest BCUT2D eigenvalue weighted by Crippen LogP contribution is -2.36. The molecule has 82 valence electrons. The molecule has 1 fully saturated rings. The minimum Gasteiger partial charge on any atom is -0.855 e. The molecule has 16 heavy (non-hydrogen) atoms. The van der Waals surface area contributed by atoms with Crippen LogP contribution in [0.2, 0.25) is 0 Å². The molecule has 1 spiro atoms. The Hall–Kier alpha value is -1.61. The van der Waals surface area contributed by atoms with E-state index < -0.39 is 0 Å². The van der Waals surface area contributed by atoms with Gasteiger partial charge in [0, 0.05) is 24.5 Å². The maximum absolute atomic E-state index is 11.5. The molecule has 0 saturated carbocycles. The van der Waals surface area contributed by atoms with Gasteiger partial charge in [-0.05, 0) is 12.1 Å². The largest absolute Gasteiger partial charge is 0.855 e. The Balaban J connectivity index is 2.05. The Bertz CT molecular complexity index is 456. The van der Waals surface area contributed by atoms with Crippen LogP contribution in [0.1, 0.15) is 18.4 Å². The van der Waals surface area contributed by atoms with Crippen LogP contribution in [-0.4, -0.2) is 23.6 Å². The molecule has 0 unspecified atom stereocenters. The normalized spacial score (nSPS) is 22.2. The zero-order valence-corrected chi connectivity index (χ0v) is 9.10. The SMILES string of the molecule is [O-]C1=N[N+]2(CCCC2)C(c2ccccc2)=C1. The van der Waals surface area contributed by atoms with E-state index in [1.165, 1.54) is 0 Å². The molecule has 2 heterocycles. The Morgan fingerprint density at radius 1 is 1.06 bits per heavy atom. The summed E-state index contributed by atoms with van der Waals surface area (Å²) >= 11 is 0. The molecule has 1 saturated heterocycles. The van der Waals surface area contributed by atoms with E-state index in [9.17, 15) is 5.11 Å². The minimum absolute atomic E-state index is 0.0826. The van der Waals surface area contributed by atoms with E-state index >= 15 is 0 Å². The molecule has 3 rings (SSSR count). The molecule has 0 N–H and O–H groups in total. The summed E-state index contributed by atoms with van der Waals surface area (Å²) in [4.78, 5) is 0. The molecule has 0 aliphatic carbocycles. The fourth-order valence-electron chi connectivity index (χ4n) is 2.64. The predicted octanol–water partition coefficient (Wildman–Crippen LogP) is 1.33. The number of quaternary nitrogens is 1. The molecule has 0 atom stereocenters. The highest BCUT2D eigenvalue weighted by atomic mass is 16.3. The number of benzene rings is 1. The summed E-state index contributed by atoms with van der Waals surface area (Å²) in [5.41, 5.74) is 2.20. The van der Waals surface area contributed by atoms with Crippen LogP contribution in [0.3, 0.4) is 0 Å². The lowest BCUT2D eigenvalue weighted by atomic mass is 10.1. The van der Waals surface area contributed by atoms with Crippen LogP contribution in [0.25, 0.3) is 5.70 Å². The summed E-state index contributed by atoms with van der Waals surface area (Å²) in [6, 6.07) is 10.1. The Labute approximate surface area is 94.9 Å². The summed E-state index contributed by atoms with van der Waals surface area (Å²) in [5.74, 6) is -0.0826. The number of rotatable bonds is 1. The zero-order chi connectivity index (χ0) is 11.0. The topological polar surface area (TPSA) is 35.4 Å². The minimum atomic E-state index is -0.0826. The van der Waals surface area contributed by atoms with E-state index in [1.54, 1.807) is 6.08 Å². The highest BCUT2D eigenvalue weighted by molar-refractivity contribution is 5.92. The van der Waals surface area contributed by atoms with Crippen LogP contribution in [0.4, 0.5) is 0 Å². The molecule has 3 heteroatoms. The first kappa shape index (κ1) is 9.60. The molecule has 1 aromatic carbocycles. The maximum atomic E-state index is 11.5. The molecule has 0 amide bonds. The van der Waals surface area contributed by atoms with E-state index in [-0.39, 0.29) is 5.90 Å². The van der Waals surface area contributed by atoms with Gasteiger partial charge < -0.3 is 5.11 Å². The molecule has 2 aliphatic heterocycles. The number of hydrogen-bond donors (Lipinski definition) is 0. The van der Waals surface area contributed by atoms with Gasteiger partial charge in [-0.3, -0.25) is 0 Å². The third-order valence-corrected chi connectivity index (χ3v) is 3.37. The Kier molecular flexibility index (Phi) is 2.07. The van der Waals surface area contributed by atoms with Gasteiger partial charge in [0.15, 0.2) is 5.70 Å². The van der Waals surface area contributed by atoms with Crippen LogP contribution >= 0.6 is 0 Å². The molecule has 0 bridgehead atoms. The van der Waals surface area contributed by atoms with Gasteiger partial charge in [-0.15, -0.1) is 0 Å². The Morgan fingerprint density at radius 3 is 2.44 bits per heavy atom. The number of nitrogens with zero attached hydrogens (tertiary/aromatic N) is 2. The maximum Gasteiger partial charge on any atom is 0.167 e. The van der Waals surface area contributed by atoms with E-state index in [0.29, 0.717) is 4.59 Å². The van der Waals surface area contributed by atoms with E-state index in [1.807, 2.05) is 18.2 Å². The highest BCUT2D eigenvalue weighted by Gasteiger charge is 2.40.